The van der Waals surface area contributed by atoms with Gasteiger partial charge in [0.15, 0.2) is 11.5 Å². The van der Waals surface area contributed by atoms with Gasteiger partial charge in [0.1, 0.15) is 11.4 Å². The maximum absolute atomic E-state index is 10.8. The number of ether oxygens (including phenoxy) is 3. The Morgan fingerprint density at radius 3 is 2.59 bits per heavy atom. The molecule has 0 atom stereocenters. The fourth-order valence-corrected chi connectivity index (χ4v) is 3.56. The number of rotatable bonds is 2. The minimum absolute atomic E-state index is 0.116. The molecule has 0 bridgehead atoms. The third-order valence-electron chi connectivity index (χ3n) is 4.86. The van der Waals surface area contributed by atoms with Crippen LogP contribution in [0.25, 0.3) is 0 Å². The molecule has 118 valence electrons. The molecule has 4 rings (SSSR count). The Morgan fingerprint density at radius 2 is 1.86 bits per heavy atom. The molecule has 6 nitrogen and oxygen atoms in total. The predicted molar refractivity (Wildman–Crippen MR) is 77.6 cm³/mol. The topological polar surface area (TPSA) is 68.2 Å². The normalized spacial score (nSPS) is 22.2. The summed E-state index contributed by atoms with van der Waals surface area (Å²) in [7, 11) is 0. The van der Waals surface area contributed by atoms with Crippen molar-refractivity contribution >= 4 is 5.97 Å². The fourth-order valence-electron chi connectivity index (χ4n) is 3.56. The van der Waals surface area contributed by atoms with E-state index in [4.69, 9.17) is 19.3 Å². The third kappa shape index (κ3) is 2.37. The second kappa shape index (κ2) is 5.05. The van der Waals surface area contributed by atoms with Crippen molar-refractivity contribution in [1.82, 2.24) is 4.90 Å². The molecule has 1 N–H and O–H groups in total. The van der Waals surface area contributed by atoms with Gasteiger partial charge in [0, 0.05) is 19.2 Å². The van der Waals surface area contributed by atoms with E-state index in [1.807, 2.05) is 17.0 Å². The van der Waals surface area contributed by atoms with Crippen LogP contribution >= 0.6 is 0 Å². The zero-order chi connectivity index (χ0) is 15.2. The van der Waals surface area contributed by atoms with Crippen LogP contribution in [0.3, 0.4) is 0 Å². The van der Waals surface area contributed by atoms with Crippen molar-refractivity contribution < 1.29 is 24.1 Å². The maximum Gasteiger partial charge on any atom is 0.317 e. The first-order valence-electron chi connectivity index (χ1n) is 7.69. The van der Waals surface area contributed by atoms with Gasteiger partial charge < -0.3 is 19.3 Å². The Labute approximate surface area is 128 Å². The monoisotopic (exact) mass is 305 g/mol. The standard InChI is InChI=1S/C16H19NO5/c18-15(19)9-17-5-3-16(4-6-17)2-1-11-7-13-14(21-10-20-13)8-12(11)22-16/h7-8H,1-6,9-10H2,(H,18,19). The van der Waals surface area contributed by atoms with Gasteiger partial charge in [-0.05, 0) is 37.3 Å². The number of likely N-dealkylation sites (tertiary alicyclic amines) is 1. The number of piperidine rings is 1. The lowest BCUT2D eigenvalue weighted by molar-refractivity contribution is -0.139. The second-order valence-corrected chi connectivity index (χ2v) is 6.27. The highest BCUT2D eigenvalue weighted by Crippen LogP contribution is 2.45. The van der Waals surface area contributed by atoms with E-state index in [1.54, 1.807) is 0 Å². The van der Waals surface area contributed by atoms with E-state index >= 15 is 0 Å². The van der Waals surface area contributed by atoms with Crippen LogP contribution in [0.4, 0.5) is 0 Å². The van der Waals surface area contributed by atoms with Crippen LogP contribution < -0.4 is 14.2 Å². The molecule has 3 heterocycles. The molecule has 3 aliphatic rings. The molecule has 1 saturated heterocycles. The number of benzene rings is 1. The number of aliphatic carboxylic acids is 1. The lowest BCUT2D eigenvalue weighted by atomic mass is 9.83. The van der Waals surface area contributed by atoms with Crippen molar-refractivity contribution in [3.8, 4) is 17.2 Å². The quantitative estimate of drug-likeness (QED) is 0.896. The van der Waals surface area contributed by atoms with Gasteiger partial charge >= 0.3 is 5.97 Å². The average molecular weight is 305 g/mol. The Morgan fingerprint density at radius 1 is 1.14 bits per heavy atom. The molecular weight excluding hydrogens is 286 g/mol. The highest BCUT2D eigenvalue weighted by Gasteiger charge is 2.40. The summed E-state index contributed by atoms with van der Waals surface area (Å²) in [6.45, 7) is 1.93. The van der Waals surface area contributed by atoms with Crippen LogP contribution in [-0.4, -0.2) is 48.0 Å². The molecule has 22 heavy (non-hydrogen) atoms. The van der Waals surface area contributed by atoms with Gasteiger partial charge in [-0.1, -0.05) is 0 Å². The van der Waals surface area contributed by atoms with Gasteiger partial charge in [-0.2, -0.15) is 0 Å². The number of hydrogen-bond donors (Lipinski definition) is 1. The van der Waals surface area contributed by atoms with Crippen molar-refractivity contribution in [2.24, 2.45) is 0 Å². The van der Waals surface area contributed by atoms with Crippen LogP contribution in [0.1, 0.15) is 24.8 Å². The predicted octanol–water partition coefficient (Wildman–Crippen LogP) is 1.66. The molecule has 0 aliphatic carbocycles. The van der Waals surface area contributed by atoms with Crippen molar-refractivity contribution in [3.63, 3.8) is 0 Å². The second-order valence-electron chi connectivity index (χ2n) is 6.27. The third-order valence-corrected chi connectivity index (χ3v) is 4.86. The zero-order valence-electron chi connectivity index (χ0n) is 12.3. The molecule has 0 amide bonds. The number of fused-ring (bicyclic) bond motifs is 2. The van der Waals surface area contributed by atoms with Gasteiger partial charge in [-0.15, -0.1) is 0 Å². The largest absolute Gasteiger partial charge is 0.487 e. The summed E-state index contributed by atoms with van der Waals surface area (Å²) in [5, 5.41) is 8.89. The summed E-state index contributed by atoms with van der Waals surface area (Å²) >= 11 is 0. The summed E-state index contributed by atoms with van der Waals surface area (Å²) in [5.74, 6) is 1.68. The SMILES string of the molecule is O=C(O)CN1CCC2(CCc3cc4c(cc3O2)OCO4)CC1. The molecule has 1 spiro atoms. The first kappa shape index (κ1) is 13.7. The fraction of sp³-hybridized carbons (Fsp3) is 0.562. The zero-order valence-corrected chi connectivity index (χ0v) is 12.3. The maximum atomic E-state index is 10.8. The average Bonchev–Trinajstić information content (AvgIpc) is 2.94. The molecule has 0 saturated carbocycles. The summed E-state index contributed by atoms with van der Waals surface area (Å²) in [6.07, 6.45) is 3.67. The van der Waals surface area contributed by atoms with Crippen molar-refractivity contribution in [1.29, 1.82) is 0 Å². The van der Waals surface area contributed by atoms with Gasteiger partial charge in [0.2, 0.25) is 6.79 Å². The van der Waals surface area contributed by atoms with E-state index in [2.05, 4.69) is 0 Å². The van der Waals surface area contributed by atoms with E-state index in [0.717, 1.165) is 56.0 Å². The van der Waals surface area contributed by atoms with Crippen LogP contribution in [0.2, 0.25) is 0 Å². The highest BCUT2D eigenvalue weighted by molar-refractivity contribution is 5.69. The molecule has 1 aromatic rings. The number of hydrogen-bond acceptors (Lipinski definition) is 5. The van der Waals surface area contributed by atoms with Crippen LogP contribution in [0.5, 0.6) is 17.2 Å². The van der Waals surface area contributed by atoms with Crippen molar-refractivity contribution in [2.75, 3.05) is 26.4 Å². The number of aryl methyl sites for hydroxylation is 1. The number of carboxylic acids is 1. The number of nitrogens with zero attached hydrogens (tertiary/aromatic N) is 1. The lowest BCUT2D eigenvalue weighted by Crippen LogP contribution is -2.50. The smallest absolute Gasteiger partial charge is 0.317 e. The minimum Gasteiger partial charge on any atom is -0.487 e. The molecule has 1 fully saturated rings. The lowest BCUT2D eigenvalue weighted by Gasteiger charge is -2.44. The molecule has 6 heteroatoms. The van der Waals surface area contributed by atoms with Gasteiger partial charge in [-0.3, -0.25) is 9.69 Å². The first-order valence-corrected chi connectivity index (χ1v) is 7.69. The minimum atomic E-state index is -0.765. The van der Waals surface area contributed by atoms with Crippen LogP contribution in [-0.2, 0) is 11.2 Å². The summed E-state index contributed by atoms with van der Waals surface area (Å²) in [6, 6.07) is 3.95. The molecule has 0 aromatic heterocycles. The molecule has 0 radical (unpaired) electrons. The van der Waals surface area contributed by atoms with E-state index in [-0.39, 0.29) is 18.9 Å². The van der Waals surface area contributed by atoms with E-state index in [0.29, 0.717) is 0 Å². The first-order chi connectivity index (χ1) is 10.6. The van der Waals surface area contributed by atoms with Gasteiger partial charge in [0.25, 0.3) is 0 Å². The van der Waals surface area contributed by atoms with E-state index in [1.165, 1.54) is 5.56 Å². The van der Waals surface area contributed by atoms with Gasteiger partial charge in [0.05, 0.1) is 6.54 Å². The van der Waals surface area contributed by atoms with Gasteiger partial charge in [-0.25, -0.2) is 0 Å². The van der Waals surface area contributed by atoms with Crippen LogP contribution in [0.15, 0.2) is 12.1 Å². The van der Waals surface area contributed by atoms with Crippen molar-refractivity contribution in [3.05, 3.63) is 17.7 Å². The summed E-state index contributed by atoms with van der Waals surface area (Å²) in [4.78, 5) is 12.8. The molecular formula is C16H19NO5. The number of carbonyl (C=O) groups is 1. The molecule has 3 aliphatic heterocycles. The van der Waals surface area contributed by atoms with E-state index < -0.39 is 5.97 Å². The Kier molecular flexibility index (Phi) is 3.14. The Bertz CT molecular complexity index is 607. The molecule has 1 aromatic carbocycles. The van der Waals surface area contributed by atoms with Crippen LogP contribution in [0, 0.1) is 0 Å². The van der Waals surface area contributed by atoms with Crippen molar-refractivity contribution in [2.45, 2.75) is 31.3 Å². The Hall–Kier alpha value is -1.95. The van der Waals surface area contributed by atoms with E-state index in [9.17, 15) is 4.79 Å². The molecule has 0 unspecified atom stereocenters. The highest BCUT2D eigenvalue weighted by atomic mass is 16.7. The summed E-state index contributed by atoms with van der Waals surface area (Å²) in [5.41, 5.74) is 1.01. The Balaban J connectivity index is 1.49. The number of carboxylic acid groups (broad SMARTS) is 1. The summed E-state index contributed by atoms with van der Waals surface area (Å²) < 4.78 is 17.2.